The van der Waals surface area contributed by atoms with E-state index in [9.17, 15) is 0 Å². The molecule has 2 aliphatic heterocycles. The Hall–Kier alpha value is -1.69. The maximum Gasteiger partial charge on any atom is 0.119 e. The molecule has 0 aromatic heterocycles. The second kappa shape index (κ2) is 9.00. The Morgan fingerprint density at radius 2 is 1.93 bits per heavy atom. The number of thioether (sulfide) groups is 1. The zero-order valence-electron chi connectivity index (χ0n) is 16.1. The number of likely N-dealkylation sites (tertiary alicyclic amines) is 1. The molecule has 0 radical (unpaired) electrons. The van der Waals surface area contributed by atoms with E-state index in [2.05, 4.69) is 70.8 Å². The highest BCUT2D eigenvalue weighted by molar-refractivity contribution is 7.99. The predicted molar refractivity (Wildman–Crippen MR) is 113 cm³/mol. The number of benzene rings is 2. The molecule has 0 saturated carbocycles. The second-order valence-corrected chi connectivity index (χ2v) is 8.48. The van der Waals surface area contributed by atoms with Crippen molar-refractivity contribution in [2.24, 2.45) is 0 Å². The molecule has 0 aliphatic carbocycles. The number of nitrogens with one attached hydrogen (secondary N) is 1. The summed E-state index contributed by atoms with van der Waals surface area (Å²) in [5.41, 5.74) is 6.17. The molecule has 4 rings (SSSR count). The van der Waals surface area contributed by atoms with Crippen molar-refractivity contribution < 1.29 is 4.74 Å². The van der Waals surface area contributed by atoms with Crippen LogP contribution in [-0.4, -0.2) is 36.5 Å². The van der Waals surface area contributed by atoms with Gasteiger partial charge in [-0.05, 0) is 62.7 Å². The van der Waals surface area contributed by atoms with Gasteiger partial charge in [0.1, 0.15) is 12.4 Å². The van der Waals surface area contributed by atoms with Crippen molar-refractivity contribution in [1.82, 2.24) is 10.3 Å². The number of hydrogen-bond donors (Lipinski definition) is 1. The number of para-hydroxylation sites is 1. The molecule has 0 spiro atoms. The first-order valence-electron chi connectivity index (χ1n) is 9.97. The fraction of sp³-hybridized carbons (Fsp3) is 0.455. The van der Waals surface area contributed by atoms with Crippen LogP contribution in [0.1, 0.15) is 31.7 Å². The smallest absolute Gasteiger partial charge is 0.119 e. The van der Waals surface area contributed by atoms with Gasteiger partial charge in [0, 0.05) is 11.4 Å². The normalized spacial score (nSPS) is 18.3. The fourth-order valence-corrected chi connectivity index (χ4v) is 4.73. The van der Waals surface area contributed by atoms with Gasteiger partial charge in [0.25, 0.3) is 0 Å². The van der Waals surface area contributed by atoms with E-state index in [0.29, 0.717) is 6.61 Å². The van der Waals surface area contributed by atoms with E-state index >= 15 is 0 Å². The third-order valence-corrected chi connectivity index (χ3v) is 6.18. The van der Waals surface area contributed by atoms with E-state index in [0.717, 1.165) is 18.2 Å². The van der Waals surface area contributed by atoms with Gasteiger partial charge in [0.2, 0.25) is 0 Å². The van der Waals surface area contributed by atoms with E-state index in [1.165, 1.54) is 48.5 Å². The largest absolute Gasteiger partial charge is 0.492 e. The average molecular weight is 384 g/mol. The highest BCUT2D eigenvalue weighted by Gasteiger charge is 2.20. The summed E-state index contributed by atoms with van der Waals surface area (Å²) in [6.07, 6.45) is 4.04. The number of nitrogens with zero attached hydrogens (tertiary/aromatic N) is 2. The topological polar surface area (TPSA) is 27.7 Å². The maximum absolute atomic E-state index is 6.08. The van der Waals surface area contributed by atoms with Crippen LogP contribution < -0.4 is 15.2 Å². The first-order chi connectivity index (χ1) is 13.3. The highest BCUT2D eigenvalue weighted by atomic mass is 32.2. The van der Waals surface area contributed by atoms with Gasteiger partial charge in [-0.3, -0.25) is 9.91 Å². The molecule has 2 aromatic carbocycles. The minimum absolute atomic E-state index is 0.238. The molecule has 0 amide bonds. The van der Waals surface area contributed by atoms with Gasteiger partial charge < -0.3 is 4.74 Å². The number of hydrogen-bond acceptors (Lipinski definition) is 5. The molecule has 1 fully saturated rings. The SMILES string of the molecule is CC(COc1cccc(CN2CCCCC2)c1)NN1CSc2ccccc21. The second-order valence-electron chi connectivity index (χ2n) is 7.49. The van der Waals surface area contributed by atoms with Crippen molar-refractivity contribution in [2.45, 2.75) is 43.7 Å². The van der Waals surface area contributed by atoms with Crippen LogP contribution in [-0.2, 0) is 6.54 Å². The van der Waals surface area contributed by atoms with Crippen LogP contribution in [0.25, 0.3) is 0 Å². The Morgan fingerprint density at radius 1 is 1.07 bits per heavy atom. The van der Waals surface area contributed by atoms with Crippen LogP contribution in [0, 0.1) is 0 Å². The monoisotopic (exact) mass is 383 g/mol. The van der Waals surface area contributed by atoms with Crippen LogP contribution in [0.5, 0.6) is 5.75 Å². The van der Waals surface area contributed by atoms with Crippen LogP contribution in [0.4, 0.5) is 5.69 Å². The van der Waals surface area contributed by atoms with Crippen LogP contribution >= 0.6 is 11.8 Å². The Balaban J connectivity index is 1.28. The Bertz CT molecular complexity index is 748. The number of anilines is 1. The van der Waals surface area contributed by atoms with Gasteiger partial charge in [-0.25, -0.2) is 5.43 Å². The predicted octanol–water partition coefficient (Wildman–Crippen LogP) is 4.51. The van der Waals surface area contributed by atoms with E-state index in [1.807, 2.05) is 11.8 Å². The van der Waals surface area contributed by atoms with Gasteiger partial charge >= 0.3 is 0 Å². The molecule has 0 bridgehead atoms. The van der Waals surface area contributed by atoms with Gasteiger partial charge in [0.15, 0.2) is 0 Å². The third kappa shape index (κ3) is 4.98. The van der Waals surface area contributed by atoms with Gasteiger partial charge in [0.05, 0.1) is 17.6 Å². The van der Waals surface area contributed by atoms with Gasteiger partial charge in [-0.15, -0.1) is 11.8 Å². The van der Waals surface area contributed by atoms with E-state index < -0.39 is 0 Å². The zero-order valence-corrected chi connectivity index (χ0v) is 16.9. The average Bonchev–Trinajstić information content (AvgIpc) is 3.10. The summed E-state index contributed by atoms with van der Waals surface area (Å²) in [6, 6.07) is 17.4. The summed E-state index contributed by atoms with van der Waals surface area (Å²) in [4.78, 5) is 3.89. The van der Waals surface area contributed by atoms with Crippen molar-refractivity contribution in [3.63, 3.8) is 0 Å². The molecule has 2 heterocycles. The first-order valence-corrected chi connectivity index (χ1v) is 11.0. The molecule has 1 unspecified atom stereocenters. The quantitative estimate of drug-likeness (QED) is 0.759. The van der Waals surface area contributed by atoms with Crippen molar-refractivity contribution in [1.29, 1.82) is 0 Å². The molecule has 1 saturated heterocycles. The van der Waals surface area contributed by atoms with Gasteiger partial charge in [-0.1, -0.05) is 30.7 Å². The lowest BCUT2D eigenvalue weighted by atomic mass is 10.1. The summed E-state index contributed by atoms with van der Waals surface area (Å²) in [5.74, 6) is 1.91. The molecule has 2 aliphatic rings. The fourth-order valence-electron chi connectivity index (χ4n) is 3.75. The summed E-state index contributed by atoms with van der Waals surface area (Å²) in [7, 11) is 0. The minimum Gasteiger partial charge on any atom is -0.492 e. The van der Waals surface area contributed by atoms with Crippen molar-refractivity contribution >= 4 is 17.4 Å². The number of hydrazine groups is 1. The Labute approximate surface area is 166 Å². The molecule has 144 valence electrons. The number of ether oxygens (including phenoxy) is 1. The molecule has 27 heavy (non-hydrogen) atoms. The summed E-state index contributed by atoms with van der Waals surface area (Å²) >= 11 is 1.87. The highest BCUT2D eigenvalue weighted by Crippen LogP contribution is 2.36. The lowest BCUT2D eigenvalue weighted by Gasteiger charge is -2.26. The minimum atomic E-state index is 0.238. The van der Waals surface area contributed by atoms with Crippen molar-refractivity contribution in [3.8, 4) is 5.75 Å². The van der Waals surface area contributed by atoms with Crippen molar-refractivity contribution in [2.75, 3.05) is 30.6 Å². The number of rotatable bonds is 7. The first kappa shape index (κ1) is 18.7. The van der Waals surface area contributed by atoms with E-state index in [1.54, 1.807) is 0 Å². The van der Waals surface area contributed by atoms with Gasteiger partial charge in [-0.2, -0.15) is 0 Å². The lowest BCUT2D eigenvalue weighted by Crippen LogP contribution is -2.44. The molecule has 1 atom stereocenters. The summed E-state index contributed by atoms with van der Waals surface area (Å²) < 4.78 is 6.08. The van der Waals surface area contributed by atoms with E-state index in [-0.39, 0.29) is 6.04 Å². The Kier molecular flexibility index (Phi) is 6.22. The lowest BCUT2D eigenvalue weighted by molar-refractivity contribution is 0.220. The molecule has 1 N–H and O–H groups in total. The molecule has 5 heteroatoms. The molecule has 2 aromatic rings. The molecular weight excluding hydrogens is 354 g/mol. The van der Waals surface area contributed by atoms with Crippen LogP contribution in [0.2, 0.25) is 0 Å². The van der Waals surface area contributed by atoms with E-state index in [4.69, 9.17) is 4.74 Å². The van der Waals surface area contributed by atoms with Crippen LogP contribution in [0.3, 0.4) is 0 Å². The summed E-state index contributed by atoms with van der Waals surface area (Å²) in [6.45, 7) is 6.30. The summed E-state index contributed by atoms with van der Waals surface area (Å²) in [5, 5.41) is 2.22. The third-order valence-electron chi connectivity index (χ3n) is 5.13. The van der Waals surface area contributed by atoms with Crippen LogP contribution in [0.15, 0.2) is 53.4 Å². The molecular formula is C22H29N3OS. The maximum atomic E-state index is 6.08. The standard InChI is InChI=1S/C22H29N3OS/c1-18(23-25-17-27-22-11-4-3-10-21(22)25)16-26-20-9-7-8-19(14-20)15-24-12-5-2-6-13-24/h3-4,7-11,14,18,23H,2,5-6,12-13,15-17H2,1H3. The van der Waals surface area contributed by atoms with Crippen molar-refractivity contribution in [3.05, 3.63) is 54.1 Å². The number of piperidine rings is 1. The Morgan fingerprint density at radius 3 is 2.81 bits per heavy atom. The molecule has 4 nitrogen and oxygen atoms in total. The zero-order chi connectivity index (χ0) is 18.5. The number of fused-ring (bicyclic) bond motifs is 1.